The Morgan fingerprint density at radius 1 is 1.21 bits per heavy atom. The van der Waals surface area contributed by atoms with Crippen molar-refractivity contribution in [2.45, 2.75) is 13.8 Å². The fourth-order valence-electron chi connectivity index (χ4n) is 2.73. The van der Waals surface area contributed by atoms with Gasteiger partial charge in [0.05, 0.1) is 22.8 Å². The minimum atomic E-state index is -1.01. The summed E-state index contributed by atoms with van der Waals surface area (Å²) < 4.78 is 5.39. The monoisotopic (exact) mass is 412 g/mol. The van der Waals surface area contributed by atoms with Crippen molar-refractivity contribution >= 4 is 40.6 Å². The molecule has 29 heavy (non-hydrogen) atoms. The van der Waals surface area contributed by atoms with Crippen LogP contribution in [0.1, 0.15) is 29.8 Å². The number of carboxylic acids is 1. The molecule has 1 amide bonds. The summed E-state index contributed by atoms with van der Waals surface area (Å²) >= 11 is 1.20. The number of rotatable bonds is 6. The van der Waals surface area contributed by atoms with Crippen molar-refractivity contribution in [3.05, 3.63) is 58.5 Å². The van der Waals surface area contributed by atoms with Gasteiger partial charge in [-0.2, -0.15) is 0 Å². The summed E-state index contributed by atoms with van der Waals surface area (Å²) in [6.45, 7) is 4.52. The van der Waals surface area contributed by atoms with E-state index in [1.54, 1.807) is 36.4 Å². The van der Waals surface area contributed by atoms with E-state index in [2.05, 4.69) is 4.99 Å². The summed E-state index contributed by atoms with van der Waals surface area (Å²) in [4.78, 5) is 30.2. The van der Waals surface area contributed by atoms with Crippen LogP contribution in [0.5, 0.6) is 11.5 Å². The molecule has 150 valence electrons. The second-order valence-electron chi connectivity index (χ2n) is 6.03. The molecule has 7 nitrogen and oxygen atoms in total. The van der Waals surface area contributed by atoms with Gasteiger partial charge in [-0.25, -0.2) is 9.79 Å². The predicted molar refractivity (Wildman–Crippen MR) is 113 cm³/mol. The van der Waals surface area contributed by atoms with E-state index in [-0.39, 0.29) is 17.2 Å². The molecule has 1 fully saturated rings. The molecule has 0 aliphatic carbocycles. The van der Waals surface area contributed by atoms with Crippen molar-refractivity contribution in [1.82, 2.24) is 4.90 Å². The van der Waals surface area contributed by atoms with Crippen LogP contribution in [0, 0.1) is 0 Å². The van der Waals surface area contributed by atoms with Gasteiger partial charge in [-0.05, 0) is 62.0 Å². The molecule has 0 spiro atoms. The van der Waals surface area contributed by atoms with Gasteiger partial charge in [0, 0.05) is 12.1 Å². The maximum atomic E-state index is 12.8. The van der Waals surface area contributed by atoms with Gasteiger partial charge in [0.25, 0.3) is 5.91 Å². The Balaban J connectivity index is 1.92. The van der Waals surface area contributed by atoms with Gasteiger partial charge in [0.15, 0.2) is 16.7 Å². The van der Waals surface area contributed by atoms with E-state index >= 15 is 0 Å². The number of hydrogen-bond acceptors (Lipinski definition) is 6. The number of ether oxygens (including phenoxy) is 1. The van der Waals surface area contributed by atoms with Crippen molar-refractivity contribution in [3.8, 4) is 11.5 Å². The van der Waals surface area contributed by atoms with Crippen LogP contribution in [0.15, 0.2) is 52.4 Å². The number of aliphatic imine (C=N–C) groups is 1. The van der Waals surface area contributed by atoms with Gasteiger partial charge in [-0.3, -0.25) is 9.69 Å². The number of thioether (sulfide) groups is 1. The Kier molecular flexibility index (Phi) is 6.23. The van der Waals surface area contributed by atoms with E-state index in [4.69, 9.17) is 9.84 Å². The fourth-order valence-corrected chi connectivity index (χ4v) is 3.78. The summed E-state index contributed by atoms with van der Waals surface area (Å²) in [6.07, 6.45) is 1.61. The van der Waals surface area contributed by atoms with Gasteiger partial charge < -0.3 is 14.9 Å². The minimum Gasteiger partial charge on any atom is -0.504 e. The van der Waals surface area contributed by atoms with Crippen LogP contribution in [-0.2, 0) is 4.79 Å². The molecule has 0 saturated carbocycles. The molecule has 3 rings (SSSR count). The summed E-state index contributed by atoms with van der Waals surface area (Å²) in [5, 5.41) is 19.9. The van der Waals surface area contributed by atoms with Crippen molar-refractivity contribution in [2.75, 3.05) is 13.2 Å². The molecule has 8 heteroatoms. The highest BCUT2D eigenvalue weighted by atomic mass is 32.2. The van der Waals surface area contributed by atoms with E-state index < -0.39 is 5.97 Å². The number of carbonyl (C=O) groups is 2. The highest BCUT2D eigenvalue weighted by Gasteiger charge is 2.32. The van der Waals surface area contributed by atoms with E-state index in [0.29, 0.717) is 40.2 Å². The zero-order chi connectivity index (χ0) is 21.0. The third-order valence-electron chi connectivity index (χ3n) is 4.16. The quantitative estimate of drug-likeness (QED) is 0.693. The van der Waals surface area contributed by atoms with Crippen LogP contribution in [0.3, 0.4) is 0 Å². The molecule has 1 heterocycles. The second kappa shape index (κ2) is 8.83. The fraction of sp³-hybridized carbons (Fsp3) is 0.190. The Hall–Kier alpha value is -3.26. The Bertz CT molecular complexity index is 999. The number of likely N-dealkylation sites (N-methyl/N-ethyl adjacent to an activating group) is 1. The number of carbonyl (C=O) groups excluding carboxylic acids is 1. The highest BCUT2D eigenvalue weighted by molar-refractivity contribution is 8.18. The highest BCUT2D eigenvalue weighted by Crippen LogP contribution is 2.37. The first-order chi connectivity index (χ1) is 13.9. The molecule has 0 unspecified atom stereocenters. The van der Waals surface area contributed by atoms with E-state index in [0.717, 1.165) is 0 Å². The number of hydrogen-bond donors (Lipinski definition) is 2. The normalized spacial score (nSPS) is 16.6. The van der Waals surface area contributed by atoms with Gasteiger partial charge in [-0.1, -0.05) is 12.1 Å². The number of benzene rings is 2. The van der Waals surface area contributed by atoms with E-state index in [1.807, 2.05) is 13.8 Å². The standard InChI is InChI=1S/C21H20N2O5S/c1-3-23-19(25)17(12-14-6-5-7-16(18(14)24)28-4-2)29-21(23)22-15-10-8-13(9-11-15)20(26)27/h5-12,24H,3-4H2,1-2H3,(H,26,27). The number of amidine groups is 1. The Morgan fingerprint density at radius 3 is 2.55 bits per heavy atom. The first kappa shape index (κ1) is 20.5. The number of para-hydroxylation sites is 1. The molecule has 2 N–H and O–H groups in total. The van der Waals surface area contributed by atoms with Crippen LogP contribution >= 0.6 is 11.8 Å². The lowest BCUT2D eigenvalue weighted by Gasteiger charge is -2.12. The summed E-state index contributed by atoms with van der Waals surface area (Å²) in [7, 11) is 0. The lowest BCUT2D eigenvalue weighted by molar-refractivity contribution is -0.122. The molecular weight excluding hydrogens is 392 g/mol. The molecule has 0 radical (unpaired) electrons. The largest absolute Gasteiger partial charge is 0.504 e. The summed E-state index contributed by atoms with van der Waals surface area (Å²) in [6, 6.07) is 11.2. The molecule has 1 aliphatic rings. The SMILES string of the molecule is CCOc1cccc(C=C2SC(=Nc3ccc(C(=O)O)cc3)N(CC)C2=O)c1O. The van der Waals surface area contributed by atoms with Crippen molar-refractivity contribution in [1.29, 1.82) is 0 Å². The summed E-state index contributed by atoms with van der Waals surface area (Å²) in [5.74, 6) is -0.881. The number of phenolic OH excluding ortho intramolecular Hbond substituents is 1. The van der Waals surface area contributed by atoms with Crippen LogP contribution in [0.4, 0.5) is 5.69 Å². The average molecular weight is 412 g/mol. The van der Waals surface area contributed by atoms with Gasteiger partial charge >= 0.3 is 5.97 Å². The molecule has 2 aromatic rings. The molecule has 1 aliphatic heterocycles. The smallest absolute Gasteiger partial charge is 0.335 e. The van der Waals surface area contributed by atoms with Crippen molar-refractivity contribution in [3.63, 3.8) is 0 Å². The maximum Gasteiger partial charge on any atom is 0.335 e. The van der Waals surface area contributed by atoms with Crippen LogP contribution in [-0.4, -0.2) is 45.3 Å². The molecule has 1 saturated heterocycles. The Labute approximate surface area is 172 Å². The lowest BCUT2D eigenvalue weighted by Crippen LogP contribution is -2.28. The zero-order valence-electron chi connectivity index (χ0n) is 16.0. The number of aromatic carboxylic acids is 1. The van der Waals surface area contributed by atoms with Gasteiger partial charge in [-0.15, -0.1) is 0 Å². The minimum absolute atomic E-state index is 0.0204. The number of phenols is 1. The molecule has 0 atom stereocenters. The zero-order valence-corrected chi connectivity index (χ0v) is 16.8. The number of nitrogens with zero attached hydrogens (tertiary/aromatic N) is 2. The van der Waals surface area contributed by atoms with Gasteiger partial charge in [0.1, 0.15) is 0 Å². The number of amides is 1. The topological polar surface area (TPSA) is 99.4 Å². The third-order valence-corrected chi connectivity index (χ3v) is 5.17. The van der Waals surface area contributed by atoms with Crippen molar-refractivity contribution in [2.24, 2.45) is 4.99 Å². The second-order valence-corrected chi connectivity index (χ2v) is 7.04. The predicted octanol–water partition coefficient (Wildman–Crippen LogP) is 4.11. The van der Waals surface area contributed by atoms with Crippen LogP contribution in [0.2, 0.25) is 0 Å². The van der Waals surface area contributed by atoms with E-state index in [9.17, 15) is 14.7 Å². The lowest BCUT2D eigenvalue weighted by atomic mass is 10.1. The molecule has 0 aromatic heterocycles. The van der Waals surface area contributed by atoms with E-state index in [1.165, 1.54) is 28.8 Å². The number of carboxylic acid groups (broad SMARTS) is 1. The van der Waals surface area contributed by atoms with Crippen LogP contribution < -0.4 is 4.74 Å². The van der Waals surface area contributed by atoms with Crippen molar-refractivity contribution < 1.29 is 24.5 Å². The first-order valence-corrected chi connectivity index (χ1v) is 9.84. The first-order valence-electron chi connectivity index (χ1n) is 9.02. The molecular formula is C21H20N2O5S. The van der Waals surface area contributed by atoms with Gasteiger partial charge in [0.2, 0.25) is 0 Å². The molecule has 0 bridgehead atoms. The summed E-state index contributed by atoms with van der Waals surface area (Å²) in [5.41, 5.74) is 1.20. The molecule has 2 aromatic carbocycles. The number of aromatic hydroxyl groups is 1. The third kappa shape index (κ3) is 4.43. The van der Waals surface area contributed by atoms with Crippen LogP contribution in [0.25, 0.3) is 6.08 Å². The maximum absolute atomic E-state index is 12.8. The average Bonchev–Trinajstić information content (AvgIpc) is 2.99. The Morgan fingerprint density at radius 2 is 1.93 bits per heavy atom.